The summed E-state index contributed by atoms with van der Waals surface area (Å²) < 4.78 is 18.7. The SMILES string of the molecule is COc1cncc(NC(C(=O)c2c[nH]c3cc(F)ccc23)c2ccccc2)c1. The molecule has 4 rings (SSSR count). The van der Waals surface area contributed by atoms with Crippen LogP contribution in [-0.2, 0) is 0 Å². The van der Waals surface area contributed by atoms with E-state index in [-0.39, 0.29) is 11.6 Å². The predicted molar refractivity (Wildman–Crippen MR) is 106 cm³/mol. The molecule has 0 aliphatic carbocycles. The molecule has 0 saturated heterocycles. The minimum atomic E-state index is -0.640. The smallest absolute Gasteiger partial charge is 0.191 e. The standard InChI is InChI=1S/C22H18FN3O2/c1-28-17-10-16(11-24-12-17)26-21(14-5-3-2-4-6-14)22(27)19-13-25-20-9-15(23)7-8-18(19)20/h2-13,21,25-26H,1H3. The number of benzene rings is 2. The van der Waals surface area contributed by atoms with Crippen LogP contribution in [0.3, 0.4) is 0 Å². The molecule has 1 unspecified atom stereocenters. The second-order valence-electron chi connectivity index (χ2n) is 6.36. The molecular weight excluding hydrogens is 357 g/mol. The molecule has 140 valence electrons. The maximum atomic E-state index is 13.5. The highest BCUT2D eigenvalue weighted by Crippen LogP contribution is 2.28. The Bertz CT molecular complexity index is 1130. The number of halogens is 1. The number of hydrogen-bond donors (Lipinski definition) is 2. The Balaban J connectivity index is 1.75. The van der Waals surface area contributed by atoms with Crippen molar-refractivity contribution in [3.8, 4) is 5.75 Å². The van der Waals surface area contributed by atoms with Crippen LogP contribution in [0.2, 0.25) is 0 Å². The summed E-state index contributed by atoms with van der Waals surface area (Å²) in [7, 11) is 1.56. The van der Waals surface area contributed by atoms with E-state index in [1.165, 1.54) is 12.1 Å². The van der Waals surface area contributed by atoms with Crippen molar-refractivity contribution < 1.29 is 13.9 Å². The molecule has 5 nitrogen and oxygen atoms in total. The van der Waals surface area contributed by atoms with Crippen LogP contribution < -0.4 is 10.1 Å². The summed E-state index contributed by atoms with van der Waals surface area (Å²) in [5.74, 6) is 0.104. The van der Waals surface area contributed by atoms with E-state index in [2.05, 4.69) is 15.3 Å². The predicted octanol–water partition coefficient (Wildman–Crippen LogP) is 4.75. The second-order valence-corrected chi connectivity index (χ2v) is 6.36. The first-order valence-electron chi connectivity index (χ1n) is 8.77. The number of fused-ring (bicyclic) bond motifs is 1. The van der Waals surface area contributed by atoms with Gasteiger partial charge in [0.15, 0.2) is 5.78 Å². The molecule has 1 atom stereocenters. The highest BCUT2D eigenvalue weighted by Gasteiger charge is 2.24. The van der Waals surface area contributed by atoms with Gasteiger partial charge in [-0.15, -0.1) is 0 Å². The van der Waals surface area contributed by atoms with Crippen LogP contribution in [0.1, 0.15) is 22.0 Å². The quantitative estimate of drug-likeness (QED) is 0.478. The molecule has 0 aliphatic rings. The van der Waals surface area contributed by atoms with E-state index in [4.69, 9.17) is 4.74 Å². The van der Waals surface area contributed by atoms with Crippen molar-refractivity contribution in [1.29, 1.82) is 0 Å². The molecule has 0 radical (unpaired) electrons. The van der Waals surface area contributed by atoms with Crippen molar-refractivity contribution in [2.24, 2.45) is 0 Å². The number of hydrogen-bond acceptors (Lipinski definition) is 4. The third kappa shape index (κ3) is 3.44. The van der Waals surface area contributed by atoms with E-state index in [0.29, 0.717) is 27.9 Å². The Morgan fingerprint density at radius 2 is 1.96 bits per heavy atom. The molecule has 0 bridgehead atoms. The molecule has 6 heteroatoms. The van der Waals surface area contributed by atoms with E-state index in [1.807, 2.05) is 30.3 Å². The van der Waals surface area contributed by atoms with Crippen LogP contribution in [0.5, 0.6) is 5.75 Å². The maximum absolute atomic E-state index is 13.5. The number of aromatic nitrogens is 2. The van der Waals surface area contributed by atoms with E-state index in [9.17, 15) is 9.18 Å². The highest BCUT2D eigenvalue weighted by molar-refractivity contribution is 6.11. The summed E-state index contributed by atoms with van der Waals surface area (Å²) in [6, 6.07) is 14.9. The Kier molecular flexibility index (Phi) is 4.76. The lowest BCUT2D eigenvalue weighted by molar-refractivity contribution is 0.0971. The van der Waals surface area contributed by atoms with Gasteiger partial charge in [-0.05, 0) is 23.8 Å². The molecule has 2 aromatic carbocycles. The topological polar surface area (TPSA) is 67.0 Å². The molecule has 0 saturated carbocycles. The average molecular weight is 375 g/mol. The van der Waals surface area contributed by atoms with Crippen molar-refractivity contribution in [2.75, 3.05) is 12.4 Å². The van der Waals surface area contributed by atoms with Gasteiger partial charge >= 0.3 is 0 Å². The number of rotatable bonds is 6. The number of methoxy groups -OCH3 is 1. The van der Waals surface area contributed by atoms with Gasteiger partial charge in [-0.1, -0.05) is 30.3 Å². The number of ketones is 1. The maximum Gasteiger partial charge on any atom is 0.191 e. The normalized spacial score (nSPS) is 11.9. The minimum Gasteiger partial charge on any atom is -0.495 e. The summed E-state index contributed by atoms with van der Waals surface area (Å²) in [6.45, 7) is 0. The molecule has 28 heavy (non-hydrogen) atoms. The number of nitrogens with zero attached hydrogens (tertiary/aromatic N) is 1. The molecule has 2 heterocycles. The first kappa shape index (κ1) is 17.7. The lowest BCUT2D eigenvalue weighted by atomic mass is 9.96. The van der Waals surface area contributed by atoms with Crippen molar-refractivity contribution in [3.05, 3.63) is 90.1 Å². The van der Waals surface area contributed by atoms with Gasteiger partial charge in [0.1, 0.15) is 17.6 Å². The lowest BCUT2D eigenvalue weighted by Gasteiger charge is -2.19. The summed E-state index contributed by atoms with van der Waals surface area (Å²) in [5, 5.41) is 3.93. The third-order valence-corrected chi connectivity index (χ3v) is 4.56. The van der Waals surface area contributed by atoms with E-state index >= 15 is 0 Å². The Morgan fingerprint density at radius 3 is 2.75 bits per heavy atom. The number of aromatic amines is 1. The molecule has 0 spiro atoms. The molecule has 2 aromatic heterocycles. The van der Waals surface area contributed by atoms with Gasteiger partial charge in [-0.2, -0.15) is 0 Å². The molecule has 4 aromatic rings. The zero-order valence-electron chi connectivity index (χ0n) is 15.1. The summed E-state index contributed by atoms with van der Waals surface area (Å²) >= 11 is 0. The number of Topliss-reactive ketones (excluding diaryl/α,β-unsaturated/α-hetero) is 1. The number of pyridine rings is 1. The molecule has 0 amide bonds. The Morgan fingerprint density at radius 1 is 1.14 bits per heavy atom. The van der Waals surface area contributed by atoms with Gasteiger partial charge in [-0.25, -0.2) is 4.39 Å². The number of nitrogens with one attached hydrogen (secondary N) is 2. The van der Waals surface area contributed by atoms with Crippen molar-refractivity contribution >= 4 is 22.4 Å². The van der Waals surface area contributed by atoms with Gasteiger partial charge in [0.25, 0.3) is 0 Å². The van der Waals surface area contributed by atoms with Crippen LogP contribution in [-0.4, -0.2) is 22.9 Å². The van der Waals surface area contributed by atoms with Gasteiger partial charge in [-0.3, -0.25) is 9.78 Å². The highest BCUT2D eigenvalue weighted by atomic mass is 19.1. The first-order chi connectivity index (χ1) is 13.7. The summed E-state index contributed by atoms with van der Waals surface area (Å²) in [4.78, 5) is 20.6. The summed E-state index contributed by atoms with van der Waals surface area (Å²) in [6.07, 6.45) is 4.85. The lowest BCUT2D eigenvalue weighted by Crippen LogP contribution is -2.21. The van der Waals surface area contributed by atoms with E-state index in [1.54, 1.807) is 37.8 Å². The Hall–Kier alpha value is -3.67. The van der Waals surface area contributed by atoms with Crippen LogP contribution >= 0.6 is 0 Å². The van der Waals surface area contributed by atoms with E-state index in [0.717, 1.165) is 5.56 Å². The minimum absolute atomic E-state index is 0.133. The van der Waals surface area contributed by atoms with Crippen LogP contribution in [0, 0.1) is 5.82 Å². The van der Waals surface area contributed by atoms with Crippen molar-refractivity contribution in [2.45, 2.75) is 6.04 Å². The molecular formula is C22H18FN3O2. The number of ether oxygens (including phenoxy) is 1. The monoisotopic (exact) mass is 375 g/mol. The van der Waals surface area contributed by atoms with Crippen LogP contribution in [0.4, 0.5) is 10.1 Å². The zero-order valence-corrected chi connectivity index (χ0v) is 15.1. The fourth-order valence-electron chi connectivity index (χ4n) is 3.18. The summed E-state index contributed by atoms with van der Waals surface area (Å²) in [5.41, 5.74) is 2.55. The zero-order chi connectivity index (χ0) is 19.5. The largest absolute Gasteiger partial charge is 0.495 e. The number of anilines is 1. The second kappa shape index (κ2) is 7.52. The first-order valence-corrected chi connectivity index (χ1v) is 8.77. The number of H-pyrrole nitrogens is 1. The third-order valence-electron chi connectivity index (χ3n) is 4.56. The Labute approximate surface area is 161 Å². The van der Waals surface area contributed by atoms with Gasteiger partial charge in [0.05, 0.1) is 25.2 Å². The molecule has 2 N–H and O–H groups in total. The van der Waals surface area contributed by atoms with Crippen LogP contribution in [0.15, 0.2) is 73.2 Å². The van der Waals surface area contributed by atoms with Gasteiger partial charge in [0.2, 0.25) is 0 Å². The fourth-order valence-corrected chi connectivity index (χ4v) is 3.18. The van der Waals surface area contributed by atoms with Gasteiger partial charge in [0, 0.05) is 28.7 Å². The molecule has 0 fully saturated rings. The van der Waals surface area contributed by atoms with Crippen molar-refractivity contribution in [1.82, 2.24) is 9.97 Å². The molecule has 0 aliphatic heterocycles. The van der Waals surface area contributed by atoms with Gasteiger partial charge < -0.3 is 15.0 Å². The van der Waals surface area contributed by atoms with E-state index < -0.39 is 6.04 Å². The van der Waals surface area contributed by atoms with Crippen LogP contribution in [0.25, 0.3) is 10.9 Å². The number of carbonyl (C=O) groups is 1. The number of carbonyl (C=O) groups excluding carboxylic acids is 1. The fraction of sp³-hybridized carbons (Fsp3) is 0.0909. The van der Waals surface area contributed by atoms with Crippen molar-refractivity contribution in [3.63, 3.8) is 0 Å². The average Bonchev–Trinajstić information content (AvgIpc) is 3.15.